The number of hydrogen-bond acceptors (Lipinski definition) is 2. The summed E-state index contributed by atoms with van der Waals surface area (Å²) in [6, 6.07) is 8.28. The molecule has 1 aromatic carbocycles. The first kappa shape index (κ1) is 13.0. The quantitative estimate of drug-likeness (QED) is 0.923. The summed E-state index contributed by atoms with van der Waals surface area (Å²) in [5.74, 6) is -0.446. The van der Waals surface area contributed by atoms with E-state index in [2.05, 4.69) is 4.98 Å². The van der Waals surface area contributed by atoms with Gasteiger partial charge < -0.3 is 5.73 Å². The second-order valence-corrected chi connectivity index (χ2v) is 4.69. The van der Waals surface area contributed by atoms with Gasteiger partial charge in [-0.05, 0) is 24.6 Å². The van der Waals surface area contributed by atoms with Gasteiger partial charge in [0.1, 0.15) is 5.82 Å². The van der Waals surface area contributed by atoms with Gasteiger partial charge in [0, 0.05) is 29.9 Å². The molecule has 4 heteroatoms. The Hall–Kier alpha value is -1.45. The molecular weight excluding hydrogens is 251 g/mol. The van der Waals surface area contributed by atoms with Crippen molar-refractivity contribution in [1.82, 2.24) is 4.98 Å². The monoisotopic (exact) mass is 264 g/mol. The standard InChI is InChI=1S/C14H14ClFN2/c1-9-5-6-10(18-8-9)7-13(17)11-3-2-4-12(15)14(11)16/h2-6,8,13H,7,17H2,1H3. The van der Waals surface area contributed by atoms with E-state index in [-0.39, 0.29) is 5.02 Å². The van der Waals surface area contributed by atoms with Gasteiger partial charge in [-0.2, -0.15) is 0 Å². The van der Waals surface area contributed by atoms with Crippen molar-refractivity contribution >= 4 is 11.6 Å². The molecule has 2 nitrogen and oxygen atoms in total. The van der Waals surface area contributed by atoms with Crippen LogP contribution >= 0.6 is 11.6 Å². The molecule has 1 aromatic heterocycles. The molecule has 0 saturated carbocycles. The van der Waals surface area contributed by atoms with Gasteiger partial charge in [-0.3, -0.25) is 4.98 Å². The van der Waals surface area contributed by atoms with Crippen molar-refractivity contribution in [2.45, 2.75) is 19.4 Å². The Morgan fingerprint density at radius 1 is 1.33 bits per heavy atom. The van der Waals surface area contributed by atoms with Gasteiger partial charge in [-0.15, -0.1) is 0 Å². The van der Waals surface area contributed by atoms with Gasteiger partial charge >= 0.3 is 0 Å². The van der Waals surface area contributed by atoms with E-state index in [1.165, 1.54) is 6.07 Å². The first-order valence-corrected chi connectivity index (χ1v) is 6.06. The number of rotatable bonds is 3. The summed E-state index contributed by atoms with van der Waals surface area (Å²) < 4.78 is 13.8. The maximum atomic E-state index is 13.8. The van der Waals surface area contributed by atoms with Gasteiger partial charge in [0.25, 0.3) is 0 Å². The van der Waals surface area contributed by atoms with Crippen LogP contribution in [0.4, 0.5) is 4.39 Å². The van der Waals surface area contributed by atoms with Crippen LogP contribution in [0.2, 0.25) is 5.02 Å². The lowest BCUT2D eigenvalue weighted by molar-refractivity contribution is 0.578. The van der Waals surface area contributed by atoms with Crippen molar-refractivity contribution in [3.05, 3.63) is 64.2 Å². The molecule has 0 fully saturated rings. The second-order valence-electron chi connectivity index (χ2n) is 4.28. The van der Waals surface area contributed by atoms with Crippen LogP contribution in [-0.4, -0.2) is 4.98 Å². The molecule has 1 unspecified atom stereocenters. The molecule has 1 heterocycles. The lowest BCUT2D eigenvalue weighted by Crippen LogP contribution is -2.15. The van der Waals surface area contributed by atoms with Crippen LogP contribution in [0.15, 0.2) is 36.5 Å². The Bertz CT molecular complexity index is 540. The number of aromatic nitrogens is 1. The smallest absolute Gasteiger partial charge is 0.146 e. The molecule has 0 aliphatic rings. The average molecular weight is 265 g/mol. The van der Waals surface area contributed by atoms with Gasteiger partial charge in [-0.25, -0.2) is 4.39 Å². The zero-order chi connectivity index (χ0) is 13.1. The molecule has 0 aliphatic heterocycles. The predicted molar refractivity (Wildman–Crippen MR) is 71.0 cm³/mol. The minimum Gasteiger partial charge on any atom is -0.324 e. The van der Waals surface area contributed by atoms with Crippen LogP contribution in [-0.2, 0) is 6.42 Å². The fourth-order valence-electron chi connectivity index (χ4n) is 1.76. The van der Waals surface area contributed by atoms with Crippen molar-refractivity contribution in [2.75, 3.05) is 0 Å². The summed E-state index contributed by atoms with van der Waals surface area (Å²) in [7, 11) is 0. The molecule has 0 bridgehead atoms. The summed E-state index contributed by atoms with van der Waals surface area (Å²) in [6.07, 6.45) is 2.26. The van der Waals surface area contributed by atoms with Crippen molar-refractivity contribution < 1.29 is 4.39 Å². The van der Waals surface area contributed by atoms with E-state index in [0.717, 1.165) is 11.3 Å². The predicted octanol–water partition coefficient (Wildman–Crippen LogP) is 3.43. The molecule has 2 N–H and O–H groups in total. The van der Waals surface area contributed by atoms with E-state index in [0.29, 0.717) is 12.0 Å². The van der Waals surface area contributed by atoms with Gasteiger partial charge in [0.2, 0.25) is 0 Å². The summed E-state index contributed by atoms with van der Waals surface area (Å²) >= 11 is 5.74. The number of nitrogens with two attached hydrogens (primary N) is 1. The third-order valence-corrected chi connectivity index (χ3v) is 3.07. The van der Waals surface area contributed by atoms with Crippen molar-refractivity contribution in [3.8, 4) is 0 Å². The van der Waals surface area contributed by atoms with E-state index >= 15 is 0 Å². The Labute approximate surface area is 111 Å². The van der Waals surface area contributed by atoms with Crippen LogP contribution < -0.4 is 5.73 Å². The SMILES string of the molecule is Cc1ccc(CC(N)c2cccc(Cl)c2F)nc1. The van der Waals surface area contributed by atoms with E-state index in [9.17, 15) is 4.39 Å². The van der Waals surface area contributed by atoms with Crippen LogP contribution in [0.1, 0.15) is 22.9 Å². The Morgan fingerprint density at radius 3 is 2.78 bits per heavy atom. The van der Waals surface area contributed by atoms with Crippen LogP contribution in [0.25, 0.3) is 0 Å². The van der Waals surface area contributed by atoms with Crippen molar-refractivity contribution in [3.63, 3.8) is 0 Å². The molecule has 18 heavy (non-hydrogen) atoms. The largest absolute Gasteiger partial charge is 0.324 e. The van der Waals surface area contributed by atoms with Gasteiger partial charge in [0.05, 0.1) is 5.02 Å². The molecule has 0 aliphatic carbocycles. The normalized spacial score (nSPS) is 12.4. The minimum atomic E-state index is -0.446. The van der Waals surface area contributed by atoms with Crippen LogP contribution in [0.3, 0.4) is 0 Å². The molecule has 1 atom stereocenters. The van der Waals surface area contributed by atoms with Crippen molar-refractivity contribution in [1.29, 1.82) is 0 Å². The molecule has 0 amide bonds. The highest BCUT2D eigenvalue weighted by Crippen LogP contribution is 2.23. The molecule has 0 radical (unpaired) electrons. The second kappa shape index (κ2) is 5.46. The molecule has 94 valence electrons. The minimum absolute atomic E-state index is 0.0971. The van der Waals surface area contributed by atoms with Crippen LogP contribution in [0, 0.1) is 12.7 Å². The molecule has 0 spiro atoms. The molecule has 0 saturated heterocycles. The Balaban J connectivity index is 2.19. The third kappa shape index (κ3) is 2.86. The summed E-state index contributed by atoms with van der Waals surface area (Å²) in [5, 5.41) is 0.0971. The summed E-state index contributed by atoms with van der Waals surface area (Å²) in [6.45, 7) is 1.97. The van der Waals surface area contributed by atoms with E-state index in [1.54, 1.807) is 18.3 Å². The topological polar surface area (TPSA) is 38.9 Å². The first-order chi connectivity index (χ1) is 8.58. The summed E-state index contributed by atoms with van der Waals surface area (Å²) in [5.41, 5.74) is 8.34. The van der Waals surface area contributed by atoms with E-state index < -0.39 is 11.9 Å². The molecular formula is C14H14ClFN2. The first-order valence-electron chi connectivity index (χ1n) is 5.69. The van der Waals surface area contributed by atoms with E-state index in [4.69, 9.17) is 17.3 Å². The third-order valence-electron chi connectivity index (χ3n) is 2.78. The number of pyridine rings is 1. The summed E-state index contributed by atoms with van der Waals surface area (Å²) in [4.78, 5) is 4.26. The lowest BCUT2D eigenvalue weighted by atomic mass is 10.0. The molecule has 2 aromatic rings. The van der Waals surface area contributed by atoms with Crippen molar-refractivity contribution in [2.24, 2.45) is 5.73 Å². The molecule has 2 rings (SSSR count). The number of hydrogen-bond donors (Lipinski definition) is 1. The maximum absolute atomic E-state index is 13.8. The average Bonchev–Trinajstić information content (AvgIpc) is 2.35. The fraction of sp³-hybridized carbons (Fsp3) is 0.214. The van der Waals surface area contributed by atoms with Gasteiger partial charge in [-0.1, -0.05) is 29.8 Å². The number of aryl methyl sites for hydroxylation is 1. The lowest BCUT2D eigenvalue weighted by Gasteiger charge is -2.13. The zero-order valence-corrected chi connectivity index (χ0v) is 10.8. The van der Waals surface area contributed by atoms with Gasteiger partial charge in [0.15, 0.2) is 0 Å². The zero-order valence-electron chi connectivity index (χ0n) is 10.0. The number of benzene rings is 1. The Kier molecular flexibility index (Phi) is 3.94. The Morgan fingerprint density at radius 2 is 2.11 bits per heavy atom. The number of nitrogens with zero attached hydrogens (tertiary/aromatic N) is 1. The van der Waals surface area contributed by atoms with E-state index in [1.807, 2.05) is 19.1 Å². The maximum Gasteiger partial charge on any atom is 0.146 e. The fourth-order valence-corrected chi connectivity index (χ4v) is 1.94. The highest BCUT2D eigenvalue weighted by atomic mass is 35.5. The van der Waals surface area contributed by atoms with Crippen LogP contribution in [0.5, 0.6) is 0 Å². The highest BCUT2D eigenvalue weighted by molar-refractivity contribution is 6.30. The number of halogens is 2. The highest BCUT2D eigenvalue weighted by Gasteiger charge is 2.14.